The molecule has 160 valence electrons. The summed E-state index contributed by atoms with van der Waals surface area (Å²) in [4.78, 5) is 9.32. The number of halogens is 2. The summed E-state index contributed by atoms with van der Waals surface area (Å²) < 4.78 is 21.5. The van der Waals surface area contributed by atoms with E-state index in [1.54, 1.807) is 23.0 Å². The zero-order chi connectivity index (χ0) is 21.6. The van der Waals surface area contributed by atoms with Crippen molar-refractivity contribution in [2.24, 2.45) is 0 Å². The molecule has 1 fully saturated rings. The molecule has 1 aliphatic rings. The van der Waals surface area contributed by atoms with Gasteiger partial charge in [-0.3, -0.25) is 4.98 Å². The average Bonchev–Trinajstić information content (AvgIpc) is 3.19. The standard InChI is InChI=1S/C22H22BrFN6O/c1-22(4-6-31-7-5-22)27-12-18-19(23)20(25)30-21(29-18)16(11-28-30)14-8-13-9-15(24)2-3-17(13)26-10-14/h2-3,8-11,27H,4-7,12,25H2,1H3. The van der Waals surface area contributed by atoms with E-state index in [1.165, 1.54) is 12.1 Å². The van der Waals surface area contributed by atoms with Gasteiger partial charge in [0.1, 0.15) is 11.6 Å². The molecule has 0 unspecified atom stereocenters. The number of nitrogens with one attached hydrogen (secondary N) is 1. The van der Waals surface area contributed by atoms with Crippen LogP contribution in [0.25, 0.3) is 27.7 Å². The Labute approximate surface area is 187 Å². The Bertz CT molecular complexity index is 1280. The van der Waals surface area contributed by atoms with Gasteiger partial charge in [-0.05, 0) is 60.0 Å². The van der Waals surface area contributed by atoms with Crippen LogP contribution in [-0.4, -0.2) is 38.3 Å². The third-order valence-electron chi connectivity index (χ3n) is 5.92. The second-order valence-electron chi connectivity index (χ2n) is 8.14. The van der Waals surface area contributed by atoms with E-state index in [1.807, 2.05) is 6.07 Å². The third kappa shape index (κ3) is 3.77. The minimum absolute atomic E-state index is 0.00429. The fraction of sp³-hybridized carbons (Fsp3) is 0.318. The van der Waals surface area contributed by atoms with Crippen LogP contribution in [0.3, 0.4) is 0 Å². The second-order valence-corrected chi connectivity index (χ2v) is 8.93. The third-order valence-corrected chi connectivity index (χ3v) is 6.79. The van der Waals surface area contributed by atoms with Crippen molar-refractivity contribution in [3.8, 4) is 11.1 Å². The van der Waals surface area contributed by atoms with E-state index in [-0.39, 0.29) is 11.4 Å². The van der Waals surface area contributed by atoms with Crippen LogP contribution in [0.4, 0.5) is 10.2 Å². The van der Waals surface area contributed by atoms with Gasteiger partial charge in [-0.15, -0.1) is 0 Å². The Balaban J connectivity index is 1.54. The molecule has 0 radical (unpaired) electrons. The minimum Gasteiger partial charge on any atom is -0.383 e. The molecule has 1 aromatic carbocycles. The molecule has 0 aliphatic carbocycles. The number of pyridine rings is 1. The van der Waals surface area contributed by atoms with Gasteiger partial charge in [-0.1, -0.05) is 0 Å². The maximum Gasteiger partial charge on any atom is 0.165 e. The highest BCUT2D eigenvalue weighted by atomic mass is 79.9. The molecule has 31 heavy (non-hydrogen) atoms. The highest BCUT2D eigenvalue weighted by molar-refractivity contribution is 9.10. The molecule has 3 aromatic heterocycles. The van der Waals surface area contributed by atoms with E-state index in [0.29, 0.717) is 18.0 Å². The molecular formula is C22H22BrFN6O. The van der Waals surface area contributed by atoms with Crippen LogP contribution in [0.15, 0.2) is 41.1 Å². The normalized spacial score (nSPS) is 16.2. The van der Waals surface area contributed by atoms with Crippen LogP contribution in [0.1, 0.15) is 25.5 Å². The molecule has 4 heterocycles. The van der Waals surface area contributed by atoms with Crippen LogP contribution in [0.5, 0.6) is 0 Å². The molecule has 0 amide bonds. The predicted molar refractivity (Wildman–Crippen MR) is 121 cm³/mol. The van der Waals surface area contributed by atoms with E-state index in [2.05, 4.69) is 38.3 Å². The lowest BCUT2D eigenvalue weighted by Gasteiger charge is -2.34. The summed E-state index contributed by atoms with van der Waals surface area (Å²) in [6.07, 6.45) is 5.35. The van der Waals surface area contributed by atoms with Crippen LogP contribution in [0.2, 0.25) is 0 Å². The molecule has 1 saturated heterocycles. The topological polar surface area (TPSA) is 90.4 Å². The van der Waals surface area contributed by atoms with Crippen molar-refractivity contribution in [2.45, 2.75) is 31.8 Å². The van der Waals surface area contributed by atoms with E-state index < -0.39 is 0 Å². The van der Waals surface area contributed by atoms with Gasteiger partial charge in [0.2, 0.25) is 0 Å². The van der Waals surface area contributed by atoms with E-state index >= 15 is 0 Å². The molecule has 0 saturated carbocycles. The lowest BCUT2D eigenvalue weighted by atomic mass is 9.92. The van der Waals surface area contributed by atoms with Crippen molar-refractivity contribution >= 4 is 38.3 Å². The molecule has 0 spiro atoms. The SMILES string of the molecule is CC1(NCc2nc3c(-c4cnc5ccc(F)cc5c4)cnn3c(N)c2Br)CCOCC1. The lowest BCUT2D eigenvalue weighted by Crippen LogP contribution is -2.46. The number of rotatable bonds is 4. The maximum absolute atomic E-state index is 13.7. The smallest absolute Gasteiger partial charge is 0.165 e. The van der Waals surface area contributed by atoms with Gasteiger partial charge in [0.25, 0.3) is 0 Å². The largest absolute Gasteiger partial charge is 0.383 e. The van der Waals surface area contributed by atoms with Gasteiger partial charge >= 0.3 is 0 Å². The first kappa shape index (κ1) is 20.3. The fourth-order valence-corrected chi connectivity index (χ4v) is 4.31. The molecule has 4 aromatic rings. The van der Waals surface area contributed by atoms with Gasteiger partial charge in [0.15, 0.2) is 5.65 Å². The zero-order valence-electron chi connectivity index (χ0n) is 17.0. The Hall–Kier alpha value is -2.62. The van der Waals surface area contributed by atoms with Crippen LogP contribution < -0.4 is 11.1 Å². The quantitative estimate of drug-likeness (QED) is 0.453. The zero-order valence-corrected chi connectivity index (χ0v) is 18.6. The monoisotopic (exact) mass is 484 g/mol. The molecule has 3 N–H and O–H groups in total. The fourth-order valence-electron chi connectivity index (χ4n) is 3.91. The molecular weight excluding hydrogens is 463 g/mol. The van der Waals surface area contributed by atoms with Gasteiger partial charge in [-0.25, -0.2) is 9.37 Å². The predicted octanol–water partition coefficient (Wildman–Crippen LogP) is 4.09. The first-order chi connectivity index (χ1) is 14.9. The Kier molecular flexibility index (Phi) is 5.11. The van der Waals surface area contributed by atoms with Crippen molar-refractivity contribution in [1.82, 2.24) is 24.9 Å². The van der Waals surface area contributed by atoms with Gasteiger partial charge in [0.05, 0.1) is 21.9 Å². The van der Waals surface area contributed by atoms with E-state index in [9.17, 15) is 4.39 Å². The van der Waals surface area contributed by atoms with Crippen LogP contribution >= 0.6 is 15.9 Å². The highest BCUT2D eigenvalue weighted by Crippen LogP contribution is 2.31. The maximum atomic E-state index is 13.7. The molecule has 0 bridgehead atoms. The van der Waals surface area contributed by atoms with Crippen molar-refractivity contribution in [2.75, 3.05) is 18.9 Å². The molecule has 0 atom stereocenters. The number of benzene rings is 1. The summed E-state index contributed by atoms with van der Waals surface area (Å²) in [5.41, 5.74) is 10.1. The Morgan fingerprint density at radius 1 is 1.26 bits per heavy atom. The number of hydrogen-bond donors (Lipinski definition) is 2. The summed E-state index contributed by atoms with van der Waals surface area (Å²) in [6, 6.07) is 6.43. The van der Waals surface area contributed by atoms with Crippen LogP contribution in [0, 0.1) is 5.82 Å². The number of nitrogens with zero attached hydrogens (tertiary/aromatic N) is 4. The van der Waals surface area contributed by atoms with Gasteiger partial charge < -0.3 is 15.8 Å². The summed E-state index contributed by atoms with van der Waals surface area (Å²) >= 11 is 3.58. The minimum atomic E-state index is -0.299. The highest BCUT2D eigenvalue weighted by Gasteiger charge is 2.27. The van der Waals surface area contributed by atoms with Gasteiger partial charge in [-0.2, -0.15) is 9.61 Å². The number of nitrogen functional groups attached to an aromatic ring is 1. The summed E-state index contributed by atoms with van der Waals surface area (Å²) in [6.45, 7) is 4.27. The average molecular weight is 485 g/mol. The van der Waals surface area contributed by atoms with E-state index in [0.717, 1.165) is 58.3 Å². The van der Waals surface area contributed by atoms with Gasteiger partial charge in [0, 0.05) is 48.0 Å². The number of nitrogens with two attached hydrogens (primary N) is 1. The van der Waals surface area contributed by atoms with Crippen molar-refractivity contribution in [3.63, 3.8) is 0 Å². The Morgan fingerprint density at radius 2 is 2.06 bits per heavy atom. The van der Waals surface area contributed by atoms with E-state index in [4.69, 9.17) is 15.5 Å². The summed E-state index contributed by atoms with van der Waals surface area (Å²) in [7, 11) is 0. The number of ether oxygens (including phenoxy) is 1. The number of hydrogen-bond acceptors (Lipinski definition) is 6. The number of anilines is 1. The molecule has 1 aliphatic heterocycles. The van der Waals surface area contributed by atoms with Crippen molar-refractivity contribution in [1.29, 1.82) is 0 Å². The first-order valence-corrected chi connectivity index (χ1v) is 10.9. The number of fused-ring (bicyclic) bond motifs is 2. The summed E-state index contributed by atoms with van der Waals surface area (Å²) in [5.74, 6) is 0.178. The summed E-state index contributed by atoms with van der Waals surface area (Å²) in [5, 5.41) is 8.75. The molecule has 5 rings (SSSR count). The second kappa shape index (κ2) is 7.81. The van der Waals surface area contributed by atoms with Crippen LogP contribution in [-0.2, 0) is 11.3 Å². The molecule has 9 heteroatoms. The van der Waals surface area contributed by atoms with Crippen molar-refractivity contribution < 1.29 is 9.13 Å². The Morgan fingerprint density at radius 3 is 2.87 bits per heavy atom. The lowest BCUT2D eigenvalue weighted by molar-refractivity contribution is 0.0445. The molecule has 7 nitrogen and oxygen atoms in total. The van der Waals surface area contributed by atoms with Crippen molar-refractivity contribution in [3.05, 3.63) is 52.6 Å². The first-order valence-electron chi connectivity index (χ1n) is 10.1. The number of aromatic nitrogens is 4.